The number of nitrogens with one attached hydrogen (secondary N) is 2. The summed E-state index contributed by atoms with van der Waals surface area (Å²) in [5.41, 5.74) is 5.33. The summed E-state index contributed by atoms with van der Waals surface area (Å²) in [6, 6.07) is 5.76. The Morgan fingerprint density at radius 1 is 1.29 bits per heavy atom. The molecule has 17 heavy (non-hydrogen) atoms. The standard InChI is InChI=1S/C12H13N3O2/c1-7-3-8(2)5-9(4-7)13-12(17)10-6-11(16)15-14-10/h3-5H,6H2,1-2H3,(H,13,17)(H,15,16). The van der Waals surface area contributed by atoms with Crippen LogP contribution < -0.4 is 10.7 Å². The van der Waals surface area contributed by atoms with Gasteiger partial charge in [-0.2, -0.15) is 5.10 Å². The lowest BCUT2D eigenvalue weighted by atomic mass is 10.1. The van der Waals surface area contributed by atoms with Crippen molar-refractivity contribution in [1.29, 1.82) is 0 Å². The molecule has 1 heterocycles. The molecule has 2 N–H and O–H groups in total. The molecule has 1 aromatic rings. The van der Waals surface area contributed by atoms with Crippen molar-refractivity contribution in [3.05, 3.63) is 29.3 Å². The zero-order chi connectivity index (χ0) is 12.4. The number of benzene rings is 1. The van der Waals surface area contributed by atoms with Crippen LogP contribution in [-0.2, 0) is 9.59 Å². The molecule has 5 nitrogen and oxygen atoms in total. The Morgan fingerprint density at radius 3 is 2.47 bits per heavy atom. The maximum Gasteiger partial charge on any atom is 0.272 e. The first-order chi connectivity index (χ1) is 8.04. The summed E-state index contributed by atoms with van der Waals surface area (Å²) in [7, 11) is 0. The number of nitrogens with zero attached hydrogens (tertiary/aromatic N) is 1. The Labute approximate surface area is 98.9 Å². The molecule has 88 valence electrons. The maximum atomic E-state index is 11.7. The van der Waals surface area contributed by atoms with Crippen molar-refractivity contribution < 1.29 is 9.59 Å². The third kappa shape index (κ3) is 2.69. The van der Waals surface area contributed by atoms with E-state index in [1.807, 2.05) is 32.0 Å². The highest BCUT2D eigenvalue weighted by Crippen LogP contribution is 2.14. The smallest absolute Gasteiger partial charge is 0.272 e. The third-order valence-corrected chi connectivity index (χ3v) is 2.39. The van der Waals surface area contributed by atoms with Crippen LogP contribution in [0.3, 0.4) is 0 Å². The Hall–Kier alpha value is -2.17. The van der Waals surface area contributed by atoms with Crippen molar-refractivity contribution in [2.45, 2.75) is 20.3 Å². The highest BCUT2D eigenvalue weighted by molar-refractivity contribution is 6.46. The van der Waals surface area contributed by atoms with Crippen LogP contribution >= 0.6 is 0 Å². The summed E-state index contributed by atoms with van der Waals surface area (Å²) in [4.78, 5) is 22.7. The number of hydrogen-bond acceptors (Lipinski definition) is 3. The van der Waals surface area contributed by atoms with Crippen LogP contribution in [0.25, 0.3) is 0 Å². The molecule has 0 bridgehead atoms. The van der Waals surface area contributed by atoms with E-state index in [2.05, 4.69) is 15.8 Å². The van der Waals surface area contributed by atoms with Gasteiger partial charge in [0.05, 0.1) is 6.42 Å². The van der Waals surface area contributed by atoms with Gasteiger partial charge in [0.1, 0.15) is 5.71 Å². The Kier molecular flexibility index (Phi) is 2.91. The molecular weight excluding hydrogens is 218 g/mol. The molecule has 1 aliphatic heterocycles. The van der Waals surface area contributed by atoms with Crippen molar-refractivity contribution in [2.24, 2.45) is 5.10 Å². The molecule has 0 unspecified atom stereocenters. The van der Waals surface area contributed by atoms with Crippen molar-refractivity contribution in [3.8, 4) is 0 Å². The molecule has 0 fully saturated rings. The topological polar surface area (TPSA) is 70.6 Å². The first-order valence-corrected chi connectivity index (χ1v) is 5.29. The van der Waals surface area contributed by atoms with Crippen LogP contribution in [0.15, 0.2) is 23.3 Å². The molecule has 0 saturated heterocycles. The van der Waals surface area contributed by atoms with E-state index in [0.717, 1.165) is 16.8 Å². The van der Waals surface area contributed by atoms with Gasteiger partial charge in [0.2, 0.25) is 5.91 Å². The van der Waals surface area contributed by atoms with Crippen LogP contribution in [-0.4, -0.2) is 17.5 Å². The van der Waals surface area contributed by atoms with Gasteiger partial charge in [0, 0.05) is 5.69 Å². The molecule has 2 rings (SSSR count). The minimum absolute atomic E-state index is 0.0383. The number of anilines is 1. The summed E-state index contributed by atoms with van der Waals surface area (Å²) in [6.45, 7) is 3.92. The minimum atomic E-state index is -0.339. The van der Waals surface area contributed by atoms with Gasteiger partial charge >= 0.3 is 0 Å². The van der Waals surface area contributed by atoms with Gasteiger partial charge in [0.15, 0.2) is 0 Å². The lowest BCUT2D eigenvalue weighted by molar-refractivity contribution is -0.119. The van der Waals surface area contributed by atoms with E-state index in [4.69, 9.17) is 0 Å². The van der Waals surface area contributed by atoms with Gasteiger partial charge in [-0.05, 0) is 37.1 Å². The number of carbonyl (C=O) groups excluding carboxylic acids is 2. The summed E-state index contributed by atoms with van der Waals surface area (Å²) < 4.78 is 0. The molecule has 0 saturated carbocycles. The van der Waals surface area contributed by atoms with E-state index < -0.39 is 0 Å². The van der Waals surface area contributed by atoms with Gasteiger partial charge < -0.3 is 5.32 Å². The Morgan fingerprint density at radius 2 is 1.94 bits per heavy atom. The number of hydrazone groups is 1. The van der Waals surface area contributed by atoms with E-state index in [-0.39, 0.29) is 23.9 Å². The third-order valence-electron chi connectivity index (χ3n) is 2.39. The fourth-order valence-corrected chi connectivity index (χ4v) is 1.74. The fraction of sp³-hybridized carbons (Fsp3) is 0.250. The molecule has 1 aromatic carbocycles. The highest BCUT2D eigenvalue weighted by atomic mass is 16.2. The molecule has 0 atom stereocenters. The van der Waals surface area contributed by atoms with Crippen molar-refractivity contribution >= 4 is 23.2 Å². The number of rotatable bonds is 2. The van der Waals surface area contributed by atoms with E-state index in [1.54, 1.807) is 0 Å². The predicted molar refractivity (Wildman–Crippen MR) is 64.7 cm³/mol. The lowest BCUT2D eigenvalue weighted by Gasteiger charge is -2.06. The first-order valence-electron chi connectivity index (χ1n) is 5.29. The molecule has 0 aromatic heterocycles. The van der Waals surface area contributed by atoms with Crippen LogP contribution in [0.5, 0.6) is 0 Å². The van der Waals surface area contributed by atoms with Gasteiger partial charge in [0.25, 0.3) is 5.91 Å². The second-order valence-electron chi connectivity index (χ2n) is 4.10. The Bertz CT molecular complexity index is 500. The summed E-state index contributed by atoms with van der Waals surface area (Å²) in [5, 5.41) is 6.39. The van der Waals surface area contributed by atoms with Crippen molar-refractivity contribution in [1.82, 2.24) is 5.43 Å². The average Bonchev–Trinajstić information content (AvgIpc) is 2.63. The monoisotopic (exact) mass is 231 g/mol. The van der Waals surface area contributed by atoms with Gasteiger partial charge in [-0.3, -0.25) is 9.59 Å². The second kappa shape index (κ2) is 4.37. The quantitative estimate of drug-likeness (QED) is 0.800. The maximum absolute atomic E-state index is 11.7. The number of aryl methyl sites for hydroxylation is 2. The molecule has 0 radical (unpaired) electrons. The van der Waals surface area contributed by atoms with E-state index in [9.17, 15) is 9.59 Å². The van der Waals surface area contributed by atoms with Crippen LogP contribution in [0.2, 0.25) is 0 Å². The van der Waals surface area contributed by atoms with E-state index in [0.29, 0.717) is 0 Å². The van der Waals surface area contributed by atoms with E-state index >= 15 is 0 Å². The minimum Gasteiger partial charge on any atom is -0.321 e. The predicted octanol–water partition coefficient (Wildman–Crippen LogP) is 1.12. The molecular formula is C12H13N3O2. The largest absolute Gasteiger partial charge is 0.321 e. The zero-order valence-corrected chi connectivity index (χ0v) is 9.70. The number of carbonyl (C=O) groups is 2. The fourth-order valence-electron chi connectivity index (χ4n) is 1.74. The number of amides is 2. The summed E-state index contributed by atoms with van der Waals surface area (Å²) in [6.07, 6.45) is 0.0383. The SMILES string of the molecule is Cc1cc(C)cc(NC(=O)C2=NNC(=O)C2)c1. The van der Waals surface area contributed by atoms with Crippen LogP contribution in [0, 0.1) is 13.8 Å². The van der Waals surface area contributed by atoms with E-state index in [1.165, 1.54) is 0 Å². The highest BCUT2D eigenvalue weighted by Gasteiger charge is 2.21. The second-order valence-corrected chi connectivity index (χ2v) is 4.10. The van der Waals surface area contributed by atoms with Gasteiger partial charge in [-0.15, -0.1) is 0 Å². The van der Waals surface area contributed by atoms with Crippen molar-refractivity contribution in [2.75, 3.05) is 5.32 Å². The summed E-state index contributed by atoms with van der Waals surface area (Å²) in [5.74, 6) is -0.594. The van der Waals surface area contributed by atoms with Crippen LogP contribution in [0.4, 0.5) is 5.69 Å². The molecule has 0 aliphatic carbocycles. The number of hydrogen-bond donors (Lipinski definition) is 2. The normalized spacial score (nSPS) is 14.2. The molecule has 1 aliphatic rings. The molecule has 2 amide bonds. The molecule has 5 heteroatoms. The average molecular weight is 231 g/mol. The zero-order valence-electron chi connectivity index (χ0n) is 9.70. The summed E-state index contributed by atoms with van der Waals surface area (Å²) >= 11 is 0. The molecule has 0 spiro atoms. The van der Waals surface area contributed by atoms with Crippen LogP contribution in [0.1, 0.15) is 17.5 Å². The Balaban J connectivity index is 2.10. The van der Waals surface area contributed by atoms with Crippen molar-refractivity contribution in [3.63, 3.8) is 0 Å². The van der Waals surface area contributed by atoms with Gasteiger partial charge in [-0.1, -0.05) is 6.07 Å². The first kappa shape index (κ1) is 11.3. The lowest BCUT2D eigenvalue weighted by Crippen LogP contribution is -2.22. The van der Waals surface area contributed by atoms with Gasteiger partial charge in [-0.25, -0.2) is 5.43 Å².